The Balaban J connectivity index is 1.14. The molecule has 0 spiro atoms. The fourth-order valence-electron chi connectivity index (χ4n) is 8.98. The lowest BCUT2D eigenvalue weighted by Gasteiger charge is -2.15. The van der Waals surface area contributed by atoms with Gasteiger partial charge in [0.25, 0.3) is 0 Å². The smallest absolute Gasteiger partial charge is 0.160 e. The summed E-state index contributed by atoms with van der Waals surface area (Å²) in [6.07, 6.45) is 0. The van der Waals surface area contributed by atoms with Crippen LogP contribution in [0.15, 0.2) is 182 Å². The van der Waals surface area contributed by atoms with Crippen molar-refractivity contribution in [2.75, 3.05) is 0 Å². The minimum absolute atomic E-state index is 0.734. The minimum atomic E-state index is 0.734. The van der Waals surface area contributed by atoms with E-state index >= 15 is 0 Å². The summed E-state index contributed by atoms with van der Waals surface area (Å²) in [5.41, 5.74) is 14.5. The number of hydrogen-bond acceptors (Lipinski definition) is 2. The van der Waals surface area contributed by atoms with Gasteiger partial charge in [0.2, 0.25) is 0 Å². The maximum absolute atomic E-state index is 5.31. The molecule has 3 heterocycles. The second-order valence-electron chi connectivity index (χ2n) is 14.1. The van der Waals surface area contributed by atoms with E-state index in [0.29, 0.717) is 0 Å². The Morgan fingerprint density at radius 3 is 1.59 bits per heavy atom. The van der Waals surface area contributed by atoms with Crippen LogP contribution in [0.3, 0.4) is 0 Å². The fraction of sp³-hybridized carbons (Fsp3) is 0. The Labute approximate surface area is 310 Å². The van der Waals surface area contributed by atoms with Crippen LogP contribution in [-0.4, -0.2) is 19.1 Å². The van der Waals surface area contributed by atoms with Gasteiger partial charge in [0.15, 0.2) is 5.82 Å². The highest BCUT2D eigenvalue weighted by Crippen LogP contribution is 2.52. The van der Waals surface area contributed by atoms with Crippen molar-refractivity contribution in [3.63, 3.8) is 0 Å². The molecular weight excluding hydrogens is 657 g/mol. The zero-order valence-corrected chi connectivity index (χ0v) is 29.1. The summed E-state index contributed by atoms with van der Waals surface area (Å²) >= 11 is 0. The van der Waals surface area contributed by atoms with Crippen LogP contribution in [0.25, 0.3) is 111 Å². The number of hydrogen-bond donors (Lipinski definition) is 0. The summed E-state index contributed by atoms with van der Waals surface area (Å²) in [6.45, 7) is 0. The van der Waals surface area contributed by atoms with Crippen molar-refractivity contribution >= 4 is 54.4 Å². The number of fused-ring (bicyclic) bond motifs is 9. The van der Waals surface area contributed by atoms with Gasteiger partial charge in [-0.1, -0.05) is 146 Å². The number of rotatable bonds is 4. The van der Waals surface area contributed by atoms with Gasteiger partial charge < -0.3 is 9.13 Å². The molecule has 0 bridgehead atoms. The molecule has 0 amide bonds. The maximum Gasteiger partial charge on any atom is 0.160 e. The van der Waals surface area contributed by atoms with E-state index in [9.17, 15) is 0 Å². The molecule has 8 aromatic carbocycles. The SMILES string of the molecule is c1ccc(-c2nc(-c3ccccc3)c3c(n2)-c2cccc4c(-n5c6ccccc6c6ccc(-n7c8ccccc8c8ccccc87)cc65)ccc-3c24)cc1. The monoisotopic (exact) mass is 686 g/mol. The van der Waals surface area contributed by atoms with E-state index in [1.54, 1.807) is 0 Å². The van der Waals surface area contributed by atoms with Gasteiger partial charge in [0.1, 0.15) is 0 Å². The lowest BCUT2D eigenvalue weighted by atomic mass is 9.98. The first kappa shape index (κ1) is 29.3. The van der Waals surface area contributed by atoms with E-state index in [1.165, 1.54) is 59.9 Å². The van der Waals surface area contributed by atoms with Crippen molar-refractivity contribution in [2.45, 2.75) is 0 Å². The van der Waals surface area contributed by atoms with Gasteiger partial charge in [0, 0.05) is 60.3 Å². The number of nitrogens with zero attached hydrogens (tertiary/aromatic N) is 4. The third kappa shape index (κ3) is 4.02. The predicted molar refractivity (Wildman–Crippen MR) is 224 cm³/mol. The predicted octanol–water partition coefficient (Wildman–Crippen LogP) is 12.8. The highest BCUT2D eigenvalue weighted by atomic mass is 15.0. The van der Waals surface area contributed by atoms with Gasteiger partial charge in [-0.2, -0.15) is 0 Å². The van der Waals surface area contributed by atoms with Crippen LogP contribution >= 0.6 is 0 Å². The number of benzene rings is 8. The first-order valence-electron chi connectivity index (χ1n) is 18.4. The van der Waals surface area contributed by atoms with E-state index in [-0.39, 0.29) is 0 Å². The standard InChI is InChI=1S/C50H30N4/c1-3-14-31(15-4-1)48-47-39-28-29-44(38-21-13-22-40(46(38)39)49(47)52-50(51-48)32-16-5-2-6-17-32)54-43-25-12-9-20-36(43)37-27-26-33(30-45(37)54)53-41-23-10-7-18-34(41)35-19-8-11-24-42(35)53/h1-30H. The topological polar surface area (TPSA) is 35.6 Å². The highest BCUT2D eigenvalue weighted by molar-refractivity contribution is 6.20. The van der Waals surface area contributed by atoms with Gasteiger partial charge in [-0.3, -0.25) is 0 Å². The van der Waals surface area contributed by atoms with Crippen molar-refractivity contribution < 1.29 is 0 Å². The van der Waals surface area contributed by atoms with Crippen molar-refractivity contribution in [2.24, 2.45) is 0 Å². The Kier molecular flexibility index (Phi) is 6.02. The molecular formula is C50H30N4. The molecule has 0 N–H and O–H groups in total. The van der Waals surface area contributed by atoms with E-state index in [4.69, 9.17) is 9.97 Å². The lowest BCUT2D eigenvalue weighted by molar-refractivity contribution is 1.16. The normalized spacial score (nSPS) is 12.1. The van der Waals surface area contributed by atoms with Crippen LogP contribution in [0.2, 0.25) is 0 Å². The fourth-order valence-corrected chi connectivity index (χ4v) is 8.98. The van der Waals surface area contributed by atoms with Crippen molar-refractivity contribution in [1.29, 1.82) is 0 Å². The second-order valence-corrected chi connectivity index (χ2v) is 14.1. The summed E-state index contributed by atoms with van der Waals surface area (Å²) < 4.78 is 4.87. The molecule has 54 heavy (non-hydrogen) atoms. The van der Waals surface area contributed by atoms with Crippen LogP contribution in [0.5, 0.6) is 0 Å². The summed E-state index contributed by atoms with van der Waals surface area (Å²) in [4.78, 5) is 10.6. The highest BCUT2D eigenvalue weighted by Gasteiger charge is 2.30. The molecule has 0 unspecified atom stereocenters. The lowest BCUT2D eigenvalue weighted by Crippen LogP contribution is -1.98. The quantitative estimate of drug-likeness (QED) is 0.185. The molecule has 3 aromatic heterocycles. The summed E-state index contributed by atoms with van der Waals surface area (Å²) in [5.74, 6) is 0.734. The van der Waals surface area contributed by atoms with Gasteiger partial charge in [-0.25, -0.2) is 9.97 Å². The van der Waals surface area contributed by atoms with Crippen molar-refractivity contribution in [3.05, 3.63) is 182 Å². The van der Waals surface area contributed by atoms with Gasteiger partial charge >= 0.3 is 0 Å². The molecule has 250 valence electrons. The number of aromatic nitrogens is 4. The van der Waals surface area contributed by atoms with Crippen LogP contribution in [-0.2, 0) is 0 Å². The molecule has 1 aliphatic rings. The van der Waals surface area contributed by atoms with Crippen LogP contribution in [0.1, 0.15) is 0 Å². The van der Waals surface area contributed by atoms with E-state index in [2.05, 4.69) is 173 Å². The zero-order valence-electron chi connectivity index (χ0n) is 29.1. The summed E-state index contributed by atoms with van der Waals surface area (Å²) in [5, 5.41) is 7.38. The van der Waals surface area contributed by atoms with Gasteiger partial charge in [-0.05, 0) is 42.0 Å². The minimum Gasteiger partial charge on any atom is -0.309 e. The Bertz CT molecular complexity index is 3260. The third-order valence-electron chi connectivity index (χ3n) is 11.3. The second kappa shape index (κ2) is 11.1. The molecule has 1 aliphatic carbocycles. The average molecular weight is 687 g/mol. The Hall–Kier alpha value is -7.30. The zero-order chi connectivity index (χ0) is 35.3. The van der Waals surface area contributed by atoms with E-state index in [1.807, 2.05) is 18.2 Å². The molecule has 0 fully saturated rings. The van der Waals surface area contributed by atoms with Gasteiger partial charge in [-0.15, -0.1) is 0 Å². The summed E-state index contributed by atoms with van der Waals surface area (Å²) in [7, 11) is 0. The third-order valence-corrected chi connectivity index (χ3v) is 11.3. The average Bonchev–Trinajstić information content (AvgIpc) is 3.88. The van der Waals surface area contributed by atoms with Crippen molar-refractivity contribution in [3.8, 4) is 56.4 Å². The molecule has 4 nitrogen and oxygen atoms in total. The maximum atomic E-state index is 5.31. The summed E-state index contributed by atoms with van der Waals surface area (Å²) in [6, 6.07) is 65.3. The number of para-hydroxylation sites is 3. The van der Waals surface area contributed by atoms with Crippen molar-refractivity contribution in [1.82, 2.24) is 19.1 Å². The molecule has 0 saturated heterocycles. The molecule has 0 aliphatic heterocycles. The van der Waals surface area contributed by atoms with Crippen LogP contribution in [0, 0.1) is 0 Å². The van der Waals surface area contributed by atoms with E-state index < -0.39 is 0 Å². The Morgan fingerprint density at radius 2 is 0.907 bits per heavy atom. The molecule has 0 atom stereocenters. The van der Waals surface area contributed by atoms with Gasteiger partial charge in [0.05, 0.1) is 39.1 Å². The molecule has 11 aromatic rings. The molecule has 12 rings (SSSR count). The van der Waals surface area contributed by atoms with E-state index in [0.717, 1.165) is 50.8 Å². The largest absolute Gasteiger partial charge is 0.309 e. The van der Waals surface area contributed by atoms with Crippen LogP contribution in [0.4, 0.5) is 0 Å². The molecule has 0 radical (unpaired) electrons. The van der Waals surface area contributed by atoms with Crippen LogP contribution < -0.4 is 0 Å². The first-order chi connectivity index (χ1) is 26.8. The Morgan fingerprint density at radius 1 is 0.352 bits per heavy atom. The first-order valence-corrected chi connectivity index (χ1v) is 18.4. The molecule has 0 saturated carbocycles. The molecule has 4 heteroatoms.